The van der Waals surface area contributed by atoms with Crippen molar-refractivity contribution < 1.29 is 28.8 Å². The highest BCUT2D eigenvalue weighted by molar-refractivity contribution is 14.1. The maximum atomic E-state index is 12.5. The van der Waals surface area contributed by atoms with Crippen LogP contribution in [0.15, 0.2) is 60.7 Å². The van der Waals surface area contributed by atoms with Crippen LogP contribution in [0.2, 0.25) is 0 Å². The molecule has 0 spiro atoms. The lowest BCUT2D eigenvalue weighted by molar-refractivity contribution is -0.384. The van der Waals surface area contributed by atoms with Gasteiger partial charge in [-0.25, -0.2) is 4.79 Å². The van der Waals surface area contributed by atoms with Crippen molar-refractivity contribution in [2.24, 2.45) is 0 Å². The van der Waals surface area contributed by atoms with E-state index in [4.69, 9.17) is 9.47 Å². The molecule has 3 unspecified atom stereocenters. The van der Waals surface area contributed by atoms with Crippen LogP contribution in [0.3, 0.4) is 0 Å². The number of carbonyl (C=O) groups excluding carboxylic acids is 3. The second kappa shape index (κ2) is 10.6. The van der Waals surface area contributed by atoms with E-state index >= 15 is 0 Å². The summed E-state index contributed by atoms with van der Waals surface area (Å²) in [6.07, 6.45) is 0. The number of esters is 1. The number of nitro groups is 1. The minimum Gasteiger partial charge on any atom is -0.459 e. The van der Waals surface area contributed by atoms with E-state index in [1.54, 1.807) is 6.92 Å². The van der Waals surface area contributed by atoms with Gasteiger partial charge in [0.15, 0.2) is 6.04 Å². The van der Waals surface area contributed by atoms with E-state index in [0.29, 0.717) is 11.1 Å². The first-order valence-corrected chi connectivity index (χ1v) is 11.4. The number of likely N-dealkylation sites (tertiary alicyclic amines) is 1. The van der Waals surface area contributed by atoms with Crippen LogP contribution >= 0.6 is 22.6 Å². The fraction of sp³-hybridized carbons (Fsp3) is 0.261. The van der Waals surface area contributed by atoms with Gasteiger partial charge in [0.1, 0.15) is 28.2 Å². The van der Waals surface area contributed by atoms with Crippen molar-refractivity contribution in [3.05, 3.63) is 76.4 Å². The molecule has 3 heterocycles. The van der Waals surface area contributed by atoms with Gasteiger partial charge in [-0.1, -0.05) is 35.2 Å². The van der Waals surface area contributed by atoms with Gasteiger partial charge in [0.05, 0.1) is 4.92 Å². The molecule has 0 aromatic heterocycles. The molecule has 1 fully saturated rings. The number of non-ortho nitro benzene ring substituents is 1. The molecule has 0 radical (unpaired) electrons. The number of hydrogen-bond donors (Lipinski definition) is 1. The normalized spacial score (nSPS) is 18.1. The quantitative estimate of drug-likeness (QED) is 0.0664. The van der Waals surface area contributed by atoms with Crippen LogP contribution in [0.5, 0.6) is 11.5 Å². The van der Waals surface area contributed by atoms with Crippen molar-refractivity contribution in [2.45, 2.75) is 36.6 Å². The van der Waals surface area contributed by atoms with Gasteiger partial charge >= 0.3 is 5.97 Å². The summed E-state index contributed by atoms with van der Waals surface area (Å²) in [4.78, 5) is 47.5. The van der Waals surface area contributed by atoms with Gasteiger partial charge in [-0.15, -0.1) is 0 Å². The SMILES string of the molecule is C=C(C)C(C(=O)OCc1ccc([N+](=O)[O-])cc1)N1C(=O)C(NC(C)=O)C1I.c1cc2cc(c1)O2. The van der Waals surface area contributed by atoms with Gasteiger partial charge in [-0.05, 0) is 42.3 Å². The average Bonchev–Trinajstić information content (AvgIpc) is 2.79. The van der Waals surface area contributed by atoms with E-state index in [1.165, 1.54) is 36.1 Å². The first-order chi connectivity index (χ1) is 16.1. The van der Waals surface area contributed by atoms with Gasteiger partial charge in [0.2, 0.25) is 11.8 Å². The highest BCUT2D eigenvalue weighted by atomic mass is 127. The van der Waals surface area contributed by atoms with Gasteiger partial charge in [0, 0.05) is 25.1 Å². The molecule has 3 atom stereocenters. The van der Waals surface area contributed by atoms with Crippen molar-refractivity contribution in [3.8, 4) is 11.5 Å². The Morgan fingerprint density at radius 2 is 1.82 bits per heavy atom. The van der Waals surface area contributed by atoms with Crippen molar-refractivity contribution in [3.63, 3.8) is 0 Å². The Kier molecular flexibility index (Phi) is 7.87. The largest absolute Gasteiger partial charge is 0.459 e. The number of nitrogens with zero attached hydrogens (tertiary/aromatic N) is 2. The predicted octanol–water partition coefficient (Wildman–Crippen LogP) is 3.48. The Labute approximate surface area is 209 Å². The molecule has 178 valence electrons. The molecule has 2 amide bonds. The van der Waals surface area contributed by atoms with E-state index in [9.17, 15) is 24.5 Å². The number of halogens is 1. The number of carbonyl (C=O) groups is 3. The number of rotatable bonds is 7. The van der Waals surface area contributed by atoms with Crippen LogP contribution in [0, 0.1) is 10.1 Å². The molecule has 2 bridgehead atoms. The van der Waals surface area contributed by atoms with E-state index in [0.717, 1.165) is 11.5 Å². The molecular weight excluding hydrogens is 557 g/mol. The monoisotopic (exact) mass is 579 g/mol. The van der Waals surface area contributed by atoms with Crippen LogP contribution in [0.25, 0.3) is 0 Å². The molecule has 10 nitrogen and oxygen atoms in total. The standard InChI is InChI=1S/C17H18IN3O6.C6H4O/c1-9(2)14(20-15(18)13(16(20)23)19-10(3)22)17(24)27-8-11-4-6-12(7-5-11)21(25)26;1-2-5-4-6(3-1)7-5/h4-7,13-15H,1,8H2,2-3H3,(H,19,22);1-4H. The zero-order chi connectivity index (χ0) is 25.0. The third-order valence-corrected chi connectivity index (χ3v) is 6.28. The van der Waals surface area contributed by atoms with Crippen molar-refractivity contribution in [1.29, 1.82) is 0 Å². The summed E-state index contributed by atoms with van der Waals surface area (Å²) in [6.45, 7) is 6.59. The summed E-state index contributed by atoms with van der Waals surface area (Å²) >= 11 is 1.98. The van der Waals surface area contributed by atoms with Crippen LogP contribution < -0.4 is 10.1 Å². The van der Waals surface area contributed by atoms with Crippen LogP contribution in [0.4, 0.5) is 5.69 Å². The number of hydrogen-bond acceptors (Lipinski definition) is 7. The summed E-state index contributed by atoms with van der Waals surface area (Å²) in [5, 5.41) is 13.2. The lowest BCUT2D eigenvalue weighted by atomic mass is 10.00. The minimum atomic E-state index is -0.970. The second-order valence-electron chi connectivity index (χ2n) is 7.65. The Bertz CT molecular complexity index is 1110. The van der Waals surface area contributed by atoms with Crippen molar-refractivity contribution in [1.82, 2.24) is 10.2 Å². The zero-order valence-corrected chi connectivity index (χ0v) is 20.6. The average molecular weight is 579 g/mol. The number of amides is 2. The Morgan fingerprint density at radius 1 is 1.24 bits per heavy atom. The molecule has 0 saturated carbocycles. The number of β-lactam (4-membered cyclic amide) rings is 1. The number of nitrogens with one attached hydrogen (secondary N) is 1. The van der Waals surface area contributed by atoms with Gasteiger partial charge in [-0.3, -0.25) is 19.7 Å². The Hall–Kier alpha value is -3.48. The molecule has 3 aliphatic heterocycles. The van der Waals surface area contributed by atoms with Gasteiger partial charge in [0.25, 0.3) is 5.69 Å². The van der Waals surface area contributed by atoms with Crippen LogP contribution in [-0.2, 0) is 25.7 Å². The van der Waals surface area contributed by atoms with Crippen LogP contribution in [0.1, 0.15) is 19.4 Å². The molecular formula is C23H22IN3O7. The highest BCUT2D eigenvalue weighted by Crippen LogP contribution is 2.33. The first kappa shape index (κ1) is 25.1. The molecule has 2 aromatic rings. The molecule has 0 aliphatic carbocycles. The Balaban J connectivity index is 0.000000387. The van der Waals surface area contributed by atoms with Gasteiger partial charge < -0.3 is 19.7 Å². The topological polar surface area (TPSA) is 128 Å². The summed E-state index contributed by atoms with van der Waals surface area (Å²) in [6, 6.07) is 11.8. The molecule has 3 aliphatic rings. The minimum absolute atomic E-state index is 0.0622. The maximum Gasteiger partial charge on any atom is 0.333 e. The molecule has 1 saturated heterocycles. The third kappa shape index (κ3) is 5.71. The lowest BCUT2D eigenvalue weighted by Gasteiger charge is -2.47. The van der Waals surface area contributed by atoms with E-state index in [1.807, 2.05) is 46.9 Å². The second-order valence-corrected chi connectivity index (χ2v) is 8.93. The number of fused-ring (bicyclic) bond motifs is 2. The highest BCUT2D eigenvalue weighted by Gasteiger charge is 2.52. The number of nitro benzene ring substituents is 1. The van der Waals surface area contributed by atoms with Crippen molar-refractivity contribution in [2.75, 3.05) is 0 Å². The fourth-order valence-electron chi connectivity index (χ4n) is 3.28. The fourth-order valence-corrected chi connectivity index (χ4v) is 4.36. The maximum absolute atomic E-state index is 12.5. The smallest absolute Gasteiger partial charge is 0.333 e. The number of benzene rings is 2. The summed E-state index contributed by atoms with van der Waals surface area (Å²) in [5.41, 5.74) is 0.944. The van der Waals surface area contributed by atoms with E-state index < -0.39 is 27.0 Å². The van der Waals surface area contributed by atoms with E-state index in [-0.39, 0.29) is 24.1 Å². The number of ether oxygens (including phenoxy) is 2. The zero-order valence-electron chi connectivity index (χ0n) is 18.4. The molecule has 11 heteroatoms. The van der Waals surface area contributed by atoms with Crippen molar-refractivity contribution >= 4 is 46.1 Å². The van der Waals surface area contributed by atoms with E-state index in [2.05, 4.69) is 11.9 Å². The molecule has 1 N–H and O–H groups in total. The lowest BCUT2D eigenvalue weighted by Crippen LogP contribution is -2.71. The summed E-state index contributed by atoms with van der Waals surface area (Å²) in [7, 11) is 0. The first-order valence-electron chi connectivity index (χ1n) is 10.1. The van der Waals surface area contributed by atoms with Gasteiger partial charge in [-0.2, -0.15) is 0 Å². The molecule has 2 aromatic carbocycles. The Morgan fingerprint density at radius 3 is 2.21 bits per heavy atom. The van der Waals surface area contributed by atoms with Crippen LogP contribution in [-0.4, -0.2) is 43.7 Å². The molecule has 5 rings (SSSR count). The number of alkyl halides is 1. The molecule has 34 heavy (non-hydrogen) atoms. The predicted molar refractivity (Wildman–Crippen MR) is 130 cm³/mol. The summed E-state index contributed by atoms with van der Waals surface area (Å²) < 4.78 is 9.87. The third-order valence-electron chi connectivity index (χ3n) is 4.96. The summed E-state index contributed by atoms with van der Waals surface area (Å²) in [5.74, 6) is 0.597.